The van der Waals surface area contributed by atoms with Gasteiger partial charge < -0.3 is 10.1 Å². The van der Waals surface area contributed by atoms with E-state index in [0.717, 1.165) is 5.56 Å². The fourth-order valence-corrected chi connectivity index (χ4v) is 2.97. The van der Waals surface area contributed by atoms with Crippen molar-refractivity contribution in [3.05, 3.63) is 29.8 Å². The summed E-state index contributed by atoms with van der Waals surface area (Å²) in [7, 11) is -3.04. The molecule has 4 nitrogen and oxygen atoms in total. The van der Waals surface area contributed by atoms with E-state index in [1.165, 1.54) is 18.4 Å². The first-order valence-electron chi connectivity index (χ1n) is 6.16. The summed E-state index contributed by atoms with van der Waals surface area (Å²) >= 11 is 0. The van der Waals surface area contributed by atoms with Gasteiger partial charge in [-0.2, -0.15) is 8.78 Å². The van der Waals surface area contributed by atoms with Gasteiger partial charge in [0.2, 0.25) is 0 Å². The third-order valence-electron chi connectivity index (χ3n) is 2.69. The molecular weight excluding hydrogens is 288 g/mol. The van der Waals surface area contributed by atoms with Crippen LogP contribution in [0.1, 0.15) is 25.5 Å². The van der Waals surface area contributed by atoms with E-state index in [-0.39, 0.29) is 23.6 Å². The van der Waals surface area contributed by atoms with E-state index in [1.54, 1.807) is 19.1 Å². The molecule has 114 valence electrons. The van der Waals surface area contributed by atoms with Crippen molar-refractivity contribution in [2.24, 2.45) is 0 Å². The van der Waals surface area contributed by atoms with Crippen LogP contribution in [0.4, 0.5) is 8.78 Å². The van der Waals surface area contributed by atoms with Crippen molar-refractivity contribution < 1.29 is 21.9 Å². The minimum Gasteiger partial charge on any atom is -0.435 e. The molecule has 0 saturated heterocycles. The SMILES string of the molecule is CC(CS(C)(=O)=O)NC(C)c1ccc(OC(F)F)cc1. The predicted molar refractivity (Wildman–Crippen MR) is 73.8 cm³/mol. The lowest BCUT2D eigenvalue weighted by Gasteiger charge is -2.20. The van der Waals surface area contributed by atoms with Gasteiger partial charge in [0.1, 0.15) is 15.6 Å². The lowest BCUT2D eigenvalue weighted by molar-refractivity contribution is -0.0498. The number of halogens is 2. The molecule has 0 bridgehead atoms. The zero-order valence-electron chi connectivity index (χ0n) is 11.6. The number of hydrogen-bond donors (Lipinski definition) is 1. The summed E-state index contributed by atoms with van der Waals surface area (Å²) in [5, 5.41) is 3.14. The van der Waals surface area contributed by atoms with Crippen LogP contribution < -0.4 is 10.1 Å². The first-order chi connectivity index (χ1) is 9.17. The Kier molecular flexibility index (Phi) is 5.88. The molecule has 0 amide bonds. The van der Waals surface area contributed by atoms with Crippen LogP contribution in [0.5, 0.6) is 5.75 Å². The van der Waals surface area contributed by atoms with E-state index in [0.29, 0.717) is 0 Å². The van der Waals surface area contributed by atoms with Crippen LogP contribution in [0.15, 0.2) is 24.3 Å². The molecule has 1 N–H and O–H groups in total. The molecule has 2 unspecified atom stereocenters. The van der Waals surface area contributed by atoms with Gasteiger partial charge >= 0.3 is 6.61 Å². The molecule has 0 spiro atoms. The molecule has 2 atom stereocenters. The second kappa shape index (κ2) is 6.99. The van der Waals surface area contributed by atoms with E-state index >= 15 is 0 Å². The van der Waals surface area contributed by atoms with Gasteiger partial charge in [0.05, 0.1) is 5.75 Å². The van der Waals surface area contributed by atoms with Gasteiger partial charge in [-0.1, -0.05) is 12.1 Å². The standard InChI is InChI=1S/C13H19F2NO3S/c1-9(8-20(3,17)18)16-10(2)11-4-6-12(7-5-11)19-13(14)15/h4-7,9-10,13,16H,8H2,1-3H3. The van der Waals surface area contributed by atoms with Gasteiger partial charge in [-0.05, 0) is 31.5 Å². The number of rotatable bonds is 7. The van der Waals surface area contributed by atoms with Crippen molar-refractivity contribution in [3.63, 3.8) is 0 Å². The zero-order valence-corrected chi connectivity index (χ0v) is 12.5. The van der Waals surface area contributed by atoms with Crippen LogP contribution in [-0.2, 0) is 9.84 Å². The number of ether oxygens (including phenoxy) is 1. The third kappa shape index (κ3) is 6.29. The number of benzene rings is 1. The van der Waals surface area contributed by atoms with Crippen LogP contribution in [0.2, 0.25) is 0 Å². The molecule has 0 fully saturated rings. The monoisotopic (exact) mass is 307 g/mol. The maximum absolute atomic E-state index is 12.0. The van der Waals surface area contributed by atoms with Crippen LogP contribution in [-0.4, -0.2) is 33.1 Å². The Labute approximate surface area is 118 Å². The molecule has 0 aromatic heterocycles. The van der Waals surface area contributed by atoms with Crippen molar-refractivity contribution in [2.45, 2.75) is 32.5 Å². The normalized spacial score (nSPS) is 15.1. The average molecular weight is 307 g/mol. The molecule has 0 heterocycles. The lowest BCUT2D eigenvalue weighted by Crippen LogP contribution is -2.34. The highest BCUT2D eigenvalue weighted by molar-refractivity contribution is 7.90. The minimum absolute atomic E-state index is 0.0456. The van der Waals surface area contributed by atoms with E-state index in [9.17, 15) is 17.2 Å². The Bertz CT molecular complexity index is 517. The highest BCUT2D eigenvalue weighted by atomic mass is 32.2. The van der Waals surface area contributed by atoms with Crippen molar-refractivity contribution in [1.82, 2.24) is 5.32 Å². The fraction of sp³-hybridized carbons (Fsp3) is 0.538. The first-order valence-corrected chi connectivity index (χ1v) is 8.22. The molecule has 0 aliphatic heterocycles. The highest BCUT2D eigenvalue weighted by Crippen LogP contribution is 2.19. The molecule has 7 heteroatoms. The van der Waals surface area contributed by atoms with Gasteiger partial charge in [0, 0.05) is 18.3 Å². The number of alkyl halides is 2. The second-order valence-electron chi connectivity index (χ2n) is 4.83. The van der Waals surface area contributed by atoms with Crippen molar-refractivity contribution in [1.29, 1.82) is 0 Å². The van der Waals surface area contributed by atoms with Gasteiger partial charge in [-0.3, -0.25) is 0 Å². The Morgan fingerprint density at radius 2 is 1.75 bits per heavy atom. The summed E-state index contributed by atoms with van der Waals surface area (Å²) in [5.41, 5.74) is 0.868. The maximum Gasteiger partial charge on any atom is 0.387 e. The lowest BCUT2D eigenvalue weighted by atomic mass is 10.1. The maximum atomic E-state index is 12.0. The van der Waals surface area contributed by atoms with E-state index in [1.807, 2.05) is 6.92 Å². The van der Waals surface area contributed by atoms with Crippen molar-refractivity contribution in [3.8, 4) is 5.75 Å². The summed E-state index contributed by atoms with van der Waals surface area (Å²) in [6.07, 6.45) is 1.19. The topological polar surface area (TPSA) is 55.4 Å². The molecular formula is C13H19F2NO3S. The molecule has 0 aliphatic carbocycles. The van der Waals surface area contributed by atoms with E-state index < -0.39 is 16.4 Å². The average Bonchev–Trinajstić information content (AvgIpc) is 2.26. The van der Waals surface area contributed by atoms with Crippen molar-refractivity contribution in [2.75, 3.05) is 12.0 Å². The van der Waals surface area contributed by atoms with Gasteiger partial charge in [0.25, 0.3) is 0 Å². The summed E-state index contributed by atoms with van der Waals surface area (Å²) in [6, 6.07) is 5.97. The molecule has 1 aromatic rings. The molecule has 0 radical (unpaired) electrons. The van der Waals surface area contributed by atoms with Crippen molar-refractivity contribution >= 4 is 9.84 Å². The Morgan fingerprint density at radius 3 is 2.20 bits per heavy atom. The van der Waals surface area contributed by atoms with E-state index in [2.05, 4.69) is 10.1 Å². The second-order valence-corrected chi connectivity index (χ2v) is 7.01. The van der Waals surface area contributed by atoms with Gasteiger partial charge in [0.15, 0.2) is 0 Å². The molecule has 1 rings (SSSR count). The molecule has 20 heavy (non-hydrogen) atoms. The minimum atomic E-state index is -3.04. The highest BCUT2D eigenvalue weighted by Gasteiger charge is 2.14. The quantitative estimate of drug-likeness (QED) is 0.840. The number of sulfone groups is 1. The summed E-state index contributed by atoms with van der Waals surface area (Å²) in [6.45, 7) is 0.819. The fourth-order valence-electron chi connectivity index (χ4n) is 1.96. The zero-order chi connectivity index (χ0) is 15.3. The predicted octanol–water partition coefficient (Wildman–Crippen LogP) is 2.37. The van der Waals surface area contributed by atoms with Crippen LogP contribution in [0.3, 0.4) is 0 Å². The Balaban J connectivity index is 2.61. The molecule has 0 aliphatic rings. The number of nitrogens with one attached hydrogen (secondary N) is 1. The smallest absolute Gasteiger partial charge is 0.387 e. The van der Waals surface area contributed by atoms with Gasteiger partial charge in [-0.15, -0.1) is 0 Å². The van der Waals surface area contributed by atoms with Crippen LogP contribution in [0, 0.1) is 0 Å². The number of hydrogen-bond acceptors (Lipinski definition) is 4. The Morgan fingerprint density at radius 1 is 1.20 bits per heavy atom. The van der Waals surface area contributed by atoms with Crippen LogP contribution in [0.25, 0.3) is 0 Å². The third-order valence-corrected chi connectivity index (χ3v) is 3.80. The molecule has 0 saturated carbocycles. The van der Waals surface area contributed by atoms with Gasteiger partial charge in [-0.25, -0.2) is 8.42 Å². The summed E-state index contributed by atoms with van der Waals surface area (Å²) in [4.78, 5) is 0. The first kappa shape index (κ1) is 16.8. The summed E-state index contributed by atoms with van der Waals surface area (Å²) < 4.78 is 50.7. The van der Waals surface area contributed by atoms with E-state index in [4.69, 9.17) is 0 Å². The molecule has 1 aromatic carbocycles. The summed E-state index contributed by atoms with van der Waals surface area (Å²) in [5.74, 6) is 0.143. The largest absolute Gasteiger partial charge is 0.435 e. The van der Waals surface area contributed by atoms with Crippen LogP contribution >= 0.6 is 0 Å². The Hall–Kier alpha value is -1.21.